The lowest BCUT2D eigenvalue weighted by molar-refractivity contribution is -0.329. The van der Waals surface area contributed by atoms with Gasteiger partial charge in [0.2, 0.25) is 0 Å². The molecule has 3 atom stereocenters. The Kier molecular flexibility index (Phi) is 6.79. The number of alkyl halides is 3. The molecule has 1 heterocycles. The summed E-state index contributed by atoms with van der Waals surface area (Å²) in [4.78, 5) is 12.9. The zero-order valence-electron chi connectivity index (χ0n) is 18.3. The van der Waals surface area contributed by atoms with Gasteiger partial charge in [0.05, 0.1) is 23.2 Å². The molecule has 1 aliphatic rings. The molecule has 0 saturated carbocycles. The zero-order valence-corrected chi connectivity index (χ0v) is 18.3. The standard InChI is InChI=1S/C23H28F4N2O2/c1-6-8-18-22(20(30)31,21(4,5)7-2)19(16(12-28)13(3)29-18)15-10-9-14(24)11-17(15)23(25,26)27/h9-11,18-19,29H,6-8H2,1-5H3,(H,30,31)/p-1. The third-order valence-electron chi connectivity index (χ3n) is 6.76. The predicted octanol–water partition coefficient (Wildman–Crippen LogP) is 4.67. The molecule has 2 rings (SSSR count). The molecule has 4 nitrogen and oxygen atoms in total. The Balaban J connectivity index is 3.08. The summed E-state index contributed by atoms with van der Waals surface area (Å²) in [6.45, 7) is 8.45. The van der Waals surface area contributed by atoms with E-state index in [-0.39, 0.29) is 5.57 Å². The summed E-state index contributed by atoms with van der Waals surface area (Å²) in [7, 11) is 0. The Morgan fingerprint density at radius 3 is 2.35 bits per heavy atom. The monoisotopic (exact) mass is 439 g/mol. The number of hydrogen-bond acceptors (Lipinski definition) is 4. The van der Waals surface area contributed by atoms with E-state index >= 15 is 0 Å². The fourth-order valence-electron chi connectivity index (χ4n) is 4.95. The first kappa shape index (κ1) is 24.7. The van der Waals surface area contributed by atoms with Crippen molar-refractivity contribution >= 4 is 5.97 Å². The van der Waals surface area contributed by atoms with Crippen molar-refractivity contribution < 1.29 is 27.5 Å². The summed E-state index contributed by atoms with van der Waals surface area (Å²) in [6.07, 6.45) is -3.73. The van der Waals surface area contributed by atoms with Crippen molar-refractivity contribution in [1.29, 1.82) is 5.26 Å². The number of aliphatic carboxylic acids is 1. The van der Waals surface area contributed by atoms with Gasteiger partial charge in [0.1, 0.15) is 5.82 Å². The van der Waals surface area contributed by atoms with Crippen LogP contribution in [0.15, 0.2) is 29.5 Å². The van der Waals surface area contributed by atoms with Crippen LogP contribution in [0.5, 0.6) is 0 Å². The van der Waals surface area contributed by atoms with Gasteiger partial charge in [0.15, 0.2) is 0 Å². The van der Waals surface area contributed by atoms with Gasteiger partial charge in [-0.05, 0) is 42.9 Å². The highest BCUT2D eigenvalue weighted by molar-refractivity contribution is 5.79. The van der Waals surface area contributed by atoms with E-state index in [1.54, 1.807) is 27.7 Å². The van der Waals surface area contributed by atoms with E-state index in [1.807, 2.05) is 13.0 Å². The number of allylic oxidation sites excluding steroid dienone is 2. The van der Waals surface area contributed by atoms with Gasteiger partial charge in [-0.3, -0.25) is 0 Å². The fourth-order valence-corrected chi connectivity index (χ4v) is 4.95. The summed E-state index contributed by atoms with van der Waals surface area (Å²) in [5.41, 5.74) is -4.47. The van der Waals surface area contributed by atoms with Crippen LogP contribution in [0.4, 0.5) is 17.6 Å². The number of halogens is 4. The summed E-state index contributed by atoms with van der Waals surface area (Å²) in [5.74, 6) is -4.09. The fraction of sp³-hybridized carbons (Fsp3) is 0.565. The van der Waals surface area contributed by atoms with E-state index in [1.165, 1.54) is 0 Å². The summed E-state index contributed by atoms with van der Waals surface area (Å²) in [5, 5.41) is 25.9. The van der Waals surface area contributed by atoms with Gasteiger partial charge in [-0.25, -0.2) is 4.39 Å². The molecular formula is C23H27F4N2O2-. The van der Waals surface area contributed by atoms with Gasteiger partial charge in [-0.1, -0.05) is 40.2 Å². The number of nitriles is 1. The molecule has 31 heavy (non-hydrogen) atoms. The number of carboxylic acids is 1. The molecule has 0 spiro atoms. The second-order valence-corrected chi connectivity index (χ2v) is 8.69. The topological polar surface area (TPSA) is 76.0 Å². The van der Waals surface area contributed by atoms with Crippen LogP contribution in [0, 0.1) is 28.0 Å². The maximum Gasteiger partial charge on any atom is 0.416 e. The van der Waals surface area contributed by atoms with E-state index < -0.39 is 51.9 Å². The highest BCUT2D eigenvalue weighted by Gasteiger charge is 2.60. The minimum atomic E-state index is -4.94. The van der Waals surface area contributed by atoms with Gasteiger partial charge in [0, 0.05) is 23.1 Å². The molecule has 0 aliphatic carbocycles. The minimum absolute atomic E-state index is 0.116. The molecule has 3 unspecified atom stereocenters. The first-order valence-corrected chi connectivity index (χ1v) is 10.2. The molecule has 0 amide bonds. The predicted molar refractivity (Wildman–Crippen MR) is 106 cm³/mol. The third-order valence-corrected chi connectivity index (χ3v) is 6.76. The number of nitrogens with one attached hydrogen (secondary N) is 1. The zero-order chi connectivity index (χ0) is 23.8. The molecule has 1 aromatic rings. The van der Waals surface area contributed by atoms with Crippen LogP contribution in [-0.4, -0.2) is 12.0 Å². The SMILES string of the molecule is CCCC1NC(C)=C(C#N)C(c2ccc(F)cc2C(F)(F)F)C1(C(=O)[O-])C(C)(C)CC. The lowest BCUT2D eigenvalue weighted by atomic mass is 9.49. The smallest absolute Gasteiger partial charge is 0.416 e. The highest BCUT2D eigenvalue weighted by Crippen LogP contribution is 2.60. The molecule has 1 aliphatic heterocycles. The van der Waals surface area contributed by atoms with E-state index in [9.17, 15) is 32.7 Å². The Morgan fingerprint density at radius 1 is 1.29 bits per heavy atom. The Morgan fingerprint density at radius 2 is 1.90 bits per heavy atom. The third kappa shape index (κ3) is 3.90. The number of carboxylic acid groups (broad SMARTS) is 1. The molecule has 0 saturated heterocycles. The van der Waals surface area contributed by atoms with E-state index in [2.05, 4.69) is 5.32 Å². The number of rotatable bonds is 6. The lowest BCUT2D eigenvalue weighted by Gasteiger charge is -2.59. The first-order valence-electron chi connectivity index (χ1n) is 10.2. The first-order chi connectivity index (χ1) is 14.3. The van der Waals surface area contributed by atoms with Crippen LogP contribution in [0.3, 0.4) is 0 Å². The molecular weight excluding hydrogens is 412 g/mol. The van der Waals surface area contributed by atoms with E-state index in [0.717, 1.165) is 12.1 Å². The van der Waals surface area contributed by atoms with Crippen molar-refractivity contribution in [2.75, 3.05) is 0 Å². The summed E-state index contributed by atoms with van der Waals surface area (Å²) in [6, 6.07) is 3.31. The molecule has 1 aromatic carbocycles. The average molecular weight is 439 g/mol. The van der Waals surface area contributed by atoms with Crippen molar-refractivity contribution in [2.45, 2.75) is 72.0 Å². The van der Waals surface area contributed by atoms with Crippen molar-refractivity contribution in [3.63, 3.8) is 0 Å². The van der Waals surface area contributed by atoms with Crippen molar-refractivity contribution in [3.8, 4) is 6.07 Å². The van der Waals surface area contributed by atoms with Crippen LogP contribution < -0.4 is 10.4 Å². The minimum Gasteiger partial charge on any atom is -0.549 e. The molecule has 1 N–H and O–H groups in total. The number of carbonyl (C=O) groups excluding carboxylic acids is 1. The second-order valence-electron chi connectivity index (χ2n) is 8.69. The number of benzene rings is 1. The second kappa shape index (κ2) is 8.52. The Bertz CT molecular complexity index is 930. The van der Waals surface area contributed by atoms with Crippen LogP contribution in [-0.2, 0) is 11.0 Å². The molecule has 0 aromatic heterocycles. The van der Waals surface area contributed by atoms with Gasteiger partial charge >= 0.3 is 6.18 Å². The highest BCUT2D eigenvalue weighted by atomic mass is 19.4. The van der Waals surface area contributed by atoms with E-state index in [4.69, 9.17) is 0 Å². The molecule has 0 radical (unpaired) electrons. The quantitative estimate of drug-likeness (QED) is 0.654. The van der Waals surface area contributed by atoms with Gasteiger partial charge in [0.25, 0.3) is 0 Å². The van der Waals surface area contributed by atoms with Crippen molar-refractivity contribution in [1.82, 2.24) is 5.32 Å². The van der Waals surface area contributed by atoms with Crippen LogP contribution in [0.1, 0.15) is 70.9 Å². The van der Waals surface area contributed by atoms with Gasteiger partial charge < -0.3 is 15.2 Å². The van der Waals surface area contributed by atoms with Gasteiger partial charge in [-0.2, -0.15) is 18.4 Å². The Labute approximate surface area is 180 Å². The van der Waals surface area contributed by atoms with Crippen LogP contribution >= 0.6 is 0 Å². The molecule has 170 valence electrons. The average Bonchev–Trinajstić information content (AvgIpc) is 2.66. The number of nitrogens with zero attached hydrogens (tertiary/aromatic N) is 1. The lowest BCUT2D eigenvalue weighted by Crippen LogP contribution is -2.66. The molecule has 0 bridgehead atoms. The molecule has 8 heteroatoms. The van der Waals surface area contributed by atoms with Gasteiger partial charge in [-0.15, -0.1) is 0 Å². The van der Waals surface area contributed by atoms with E-state index in [0.29, 0.717) is 31.0 Å². The maximum atomic E-state index is 13.9. The normalized spacial score (nSPS) is 24.5. The number of hydrogen-bond donors (Lipinski definition) is 1. The molecule has 0 fully saturated rings. The van der Waals surface area contributed by atoms with Crippen LogP contribution in [0.25, 0.3) is 0 Å². The number of carbonyl (C=O) groups is 1. The Hall–Kier alpha value is -2.56. The summed E-state index contributed by atoms with van der Waals surface area (Å²) < 4.78 is 55.7. The largest absolute Gasteiger partial charge is 0.549 e. The van der Waals surface area contributed by atoms with Crippen molar-refractivity contribution in [2.24, 2.45) is 10.8 Å². The van der Waals surface area contributed by atoms with Crippen LogP contribution in [0.2, 0.25) is 0 Å². The van der Waals surface area contributed by atoms with Crippen molar-refractivity contribution in [3.05, 3.63) is 46.4 Å². The summed E-state index contributed by atoms with van der Waals surface area (Å²) >= 11 is 0. The maximum absolute atomic E-state index is 13.9.